The minimum atomic E-state index is 0.656. The summed E-state index contributed by atoms with van der Waals surface area (Å²) < 4.78 is 5.49. The predicted octanol–water partition coefficient (Wildman–Crippen LogP) is 3.55. The summed E-state index contributed by atoms with van der Waals surface area (Å²) in [5.41, 5.74) is 1.19. The summed E-state index contributed by atoms with van der Waals surface area (Å²) >= 11 is 0. The molecule has 0 aliphatic heterocycles. The molecule has 0 spiro atoms. The van der Waals surface area contributed by atoms with Gasteiger partial charge in [0.25, 0.3) is 0 Å². The second kappa shape index (κ2) is 7.69. The molecule has 3 heteroatoms. The molecule has 0 radical (unpaired) electrons. The second-order valence-corrected chi connectivity index (χ2v) is 6.39. The number of methoxy groups -OCH3 is 1. The summed E-state index contributed by atoms with van der Waals surface area (Å²) in [4.78, 5) is 2.35. The minimum absolute atomic E-state index is 0.656. The maximum absolute atomic E-state index is 5.49. The van der Waals surface area contributed by atoms with E-state index in [9.17, 15) is 0 Å². The summed E-state index contributed by atoms with van der Waals surface area (Å²) in [6.45, 7) is 6.74. The van der Waals surface area contributed by atoms with E-state index in [2.05, 4.69) is 43.2 Å². The van der Waals surface area contributed by atoms with Crippen molar-refractivity contribution in [3.8, 4) is 5.75 Å². The van der Waals surface area contributed by atoms with Gasteiger partial charge >= 0.3 is 0 Å². The maximum Gasteiger partial charge on any atom is 0.142 e. The largest absolute Gasteiger partial charge is 0.495 e. The molecule has 2 rings (SSSR count). The van der Waals surface area contributed by atoms with Gasteiger partial charge in [0.2, 0.25) is 0 Å². The van der Waals surface area contributed by atoms with Crippen LogP contribution in [0.4, 0.5) is 5.69 Å². The van der Waals surface area contributed by atoms with Gasteiger partial charge in [-0.1, -0.05) is 26.0 Å². The molecule has 1 fully saturated rings. The zero-order valence-electron chi connectivity index (χ0n) is 13.9. The first kappa shape index (κ1) is 16.2. The van der Waals surface area contributed by atoms with E-state index in [0.29, 0.717) is 12.0 Å². The second-order valence-electron chi connectivity index (χ2n) is 6.39. The van der Waals surface area contributed by atoms with Crippen LogP contribution in [0.2, 0.25) is 0 Å². The van der Waals surface area contributed by atoms with E-state index < -0.39 is 0 Å². The monoisotopic (exact) mass is 290 g/mol. The molecule has 0 amide bonds. The van der Waals surface area contributed by atoms with Crippen molar-refractivity contribution in [1.29, 1.82) is 0 Å². The van der Waals surface area contributed by atoms with Crippen LogP contribution in [0.1, 0.15) is 33.1 Å². The molecule has 1 N–H and O–H groups in total. The molecule has 1 saturated carbocycles. The van der Waals surface area contributed by atoms with Crippen LogP contribution in [-0.4, -0.2) is 33.3 Å². The Morgan fingerprint density at radius 1 is 1.29 bits per heavy atom. The van der Waals surface area contributed by atoms with Crippen LogP contribution in [0.3, 0.4) is 0 Å². The number of ether oxygens (including phenoxy) is 1. The van der Waals surface area contributed by atoms with E-state index >= 15 is 0 Å². The molecular weight excluding hydrogens is 260 g/mol. The van der Waals surface area contributed by atoms with Crippen LogP contribution in [0.15, 0.2) is 24.3 Å². The number of rotatable bonds is 6. The average Bonchev–Trinajstić information content (AvgIpc) is 2.50. The highest BCUT2D eigenvalue weighted by Crippen LogP contribution is 2.32. The van der Waals surface area contributed by atoms with E-state index in [1.165, 1.54) is 24.9 Å². The van der Waals surface area contributed by atoms with Crippen LogP contribution in [-0.2, 0) is 0 Å². The number of hydrogen-bond donors (Lipinski definition) is 1. The molecule has 3 atom stereocenters. The lowest BCUT2D eigenvalue weighted by Crippen LogP contribution is -2.45. The molecule has 0 aromatic heterocycles. The highest BCUT2D eigenvalue weighted by atomic mass is 16.5. The summed E-state index contributed by atoms with van der Waals surface area (Å²) in [5, 5.41) is 3.68. The standard InChI is InChI=1S/C18H30N2O/c1-5-19-16-11-10-14(2)12-15(16)13-20(3)17-8-6-7-9-18(17)21-4/h6-9,14-16,19H,5,10-13H2,1-4H3. The van der Waals surface area contributed by atoms with Gasteiger partial charge in [-0.05, 0) is 49.8 Å². The molecule has 1 aromatic rings. The van der Waals surface area contributed by atoms with Gasteiger partial charge in [0.05, 0.1) is 12.8 Å². The van der Waals surface area contributed by atoms with Crippen molar-refractivity contribution in [2.45, 2.75) is 39.2 Å². The van der Waals surface area contributed by atoms with Crippen LogP contribution < -0.4 is 15.0 Å². The normalized spacial score (nSPS) is 25.6. The summed E-state index contributed by atoms with van der Waals surface area (Å²) in [6, 6.07) is 8.95. The third kappa shape index (κ3) is 4.13. The van der Waals surface area contributed by atoms with E-state index in [4.69, 9.17) is 4.74 Å². The molecule has 1 aliphatic carbocycles. The molecule has 1 aromatic carbocycles. The molecule has 3 nitrogen and oxygen atoms in total. The van der Waals surface area contributed by atoms with Crippen molar-refractivity contribution >= 4 is 5.69 Å². The lowest BCUT2D eigenvalue weighted by Gasteiger charge is -2.38. The highest BCUT2D eigenvalue weighted by Gasteiger charge is 2.29. The lowest BCUT2D eigenvalue weighted by molar-refractivity contribution is 0.219. The number of nitrogens with zero attached hydrogens (tertiary/aromatic N) is 1. The van der Waals surface area contributed by atoms with Gasteiger partial charge in [0.15, 0.2) is 0 Å². The van der Waals surface area contributed by atoms with Crippen LogP contribution in [0.5, 0.6) is 5.75 Å². The molecule has 1 aliphatic rings. The van der Waals surface area contributed by atoms with Crippen molar-refractivity contribution in [2.24, 2.45) is 11.8 Å². The third-order valence-corrected chi connectivity index (χ3v) is 4.72. The van der Waals surface area contributed by atoms with Gasteiger partial charge in [-0.3, -0.25) is 0 Å². The Bertz CT molecular complexity index is 435. The molecule has 3 unspecified atom stereocenters. The first-order valence-corrected chi connectivity index (χ1v) is 8.23. The average molecular weight is 290 g/mol. The minimum Gasteiger partial charge on any atom is -0.495 e. The number of benzene rings is 1. The molecule has 21 heavy (non-hydrogen) atoms. The quantitative estimate of drug-likeness (QED) is 0.867. The fourth-order valence-corrected chi connectivity index (χ4v) is 3.63. The van der Waals surface area contributed by atoms with Crippen molar-refractivity contribution < 1.29 is 4.74 Å². The number of anilines is 1. The maximum atomic E-state index is 5.49. The Kier molecular flexibility index (Phi) is 5.92. The van der Waals surface area contributed by atoms with E-state index in [-0.39, 0.29) is 0 Å². The van der Waals surface area contributed by atoms with Crippen LogP contribution in [0.25, 0.3) is 0 Å². The topological polar surface area (TPSA) is 24.5 Å². The van der Waals surface area contributed by atoms with Crippen molar-refractivity contribution in [1.82, 2.24) is 5.32 Å². The zero-order valence-corrected chi connectivity index (χ0v) is 13.9. The van der Waals surface area contributed by atoms with Gasteiger partial charge in [-0.2, -0.15) is 0 Å². The van der Waals surface area contributed by atoms with Gasteiger partial charge in [-0.15, -0.1) is 0 Å². The van der Waals surface area contributed by atoms with Crippen molar-refractivity contribution in [3.05, 3.63) is 24.3 Å². The van der Waals surface area contributed by atoms with E-state index in [0.717, 1.165) is 24.8 Å². The molecular formula is C18H30N2O. The SMILES string of the molecule is CCNC1CCC(C)CC1CN(C)c1ccccc1OC. The molecule has 0 bridgehead atoms. The summed E-state index contributed by atoms with van der Waals surface area (Å²) in [6.07, 6.45) is 3.98. The van der Waals surface area contributed by atoms with E-state index in [1.807, 2.05) is 12.1 Å². The Hall–Kier alpha value is -1.22. The van der Waals surface area contributed by atoms with Crippen molar-refractivity contribution in [2.75, 3.05) is 32.1 Å². The fraction of sp³-hybridized carbons (Fsp3) is 0.667. The van der Waals surface area contributed by atoms with Gasteiger partial charge in [0, 0.05) is 19.6 Å². The Morgan fingerprint density at radius 3 is 2.76 bits per heavy atom. The van der Waals surface area contributed by atoms with Crippen LogP contribution >= 0.6 is 0 Å². The van der Waals surface area contributed by atoms with Gasteiger partial charge in [0.1, 0.15) is 5.75 Å². The predicted molar refractivity (Wildman–Crippen MR) is 90.2 cm³/mol. The van der Waals surface area contributed by atoms with Gasteiger partial charge < -0.3 is 15.0 Å². The van der Waals surface area contributed by atoms with Crippen LogP contribution in [0, 0.1) is 11.8 Å². The van der Waals surface area contributed by atoms with Gasteiger partial charge in [-0.25, -0.2) is 0 Å². The Labute approximate surface area is 129 Å². The fourth-order valence-electron chi connectivity index (χ4n) is 3.63. The number of nitrogens with one attached hydrogen (secondary N) is 1. The summed E-state index contributed by atoms with van der Waals surface area (Å²) in [5.74, 6) is 2.52. The molecule has 0 heterocycles. The number of hydrogen-bond acceptors (Lipinski definition) is 3. The third-order valence-electron chi connectivity index (χ3n) is 4.72. The highest BCUT2D eigenvalue weighted by molar-refractivity contribution is 5.57. The van der Waals surface area contributed by atoms with Crippen molar-refractivity contribution in [3.63, 3.8) is 0 Å². The zero-order chi connectivity index (χ0) is 15.2. The van der Waals surface area contributed by atoms with E-state index in [1.54, 1.807) is 7.11 Å². The Morgan fingerprint density at radius 2 is 2.05 bits per heavy atom. The first-order chi connectivity index (χ1) is 10.2. The molecule has 118 valence electrons. The number of para-hydroxylation sites is 2. The molecule has 0 saturated heterocycles. The summed E-state index contributed by atoms with van der Waals surface area (Å²) in [7, 11) is 3.93. The first-order valence-electron chi connectivity index (χ1n) is 8.23. The Balaban J connectivity index is 2.06. The lowest BCUT2D eigenvalue weighted by atomic mass is 9.78. The smallest absolute Gasteiger partial charge is 0.142 e.